The van der Waals surface area contributed by atoms with Crippen molar-refractivity contribution in [3.63, 3.8) is 0 Å². The summed E-state index contributed by atoms with van der Waals surface area (Å²) in [6.07, 6.45) is 6.13. The summed E-state index contributed by atoms with van der Waals surface area (Å²) < 4.78 is 6.32. The Balaban J connectivity index is 1.89. The summed E-state index contributed by atoms with van der Waals surface area (Å²) in [7, 11) is 0. The van der Waals surface area contributed by atoms with Gasteiger partial charge in [0.05, 0.1) is 10.9 Å². The van der Waals surface area contributed by atoms with Gasteiger partial charge in [-0.05, 0) is 37.3 Å². The third kappa shape index (κ3) is 1.93. The van der Waals surface area contributed by atoms with Gasteiger partial charge in [0.25, 0.3) is 0 Å². The van der Waals surface area contributed by atoms with Crippen LogP contribution in [-0.2, 0) is 0 Å². The van der Waals surface area contributed by atoms with Crippen LogP contribution in [0.4, 0.5) is 0 Å². The average molecular weight is 285 g/mol. The number of hydrogen-bond donors (Lipinski definition) is 1. The van der Waals surface area contributed by atoms with E-state index in [0.717, 1.165) is 11.3 Å². The number of rotatable bonds is 2. The van der Waals surface area contributed by atoms with Crippen LogP contribution in [0.2, 0.25) is 5.02 Å². The van der Waals surface area contributed by atoms with E-state index >= 15 is 0 Å². The molecule has 0 spiro atoms. The molecule has 0 bridgehead atoms. The molecule has 18 heavy (non-hydrogen) atoms. The molecule has 1 aliphatic carbocycles. The fraction of sp³-hybridized carbons (Fsp3) is 0.571. The van der Waals surface area contributed by atoms with Gasteiger partial charge in [-0.2, -0.15) is 11.8 Å². The van der Waals surface area contributed by atoms with Crippen LogP contribution >= 0.6 is 23.4 Å². The van der Waals surface area contributed by atoms with Crippen LogP contribution < -0.4 is 4.74 Å². The number of fused-ring (bicyclic) bond motifs is 1. The van der Waals surface area contributed by atoms with Crippen LogP contribution in [0.1, 0.15) is 37.4 Å². The summed E-state index contributed by atoms with van der Waals surface area (Å²) in [5.41, 5.74) is 0.828. The molecule has 0 aromatic heterocycles. The number of aliphatic hydroxyl groups excluding tert-OH is 1. The van der Waals surface area contributed by atoms with Crippen molar-refractivity contribution in [1.82, 2.24) is 0 Å². The summed E-state index contributed by atoms with van der Waals surface area (Å²) in [4.78, 5) is 0. The lowest BCUT2D eigenvalue weighted by atomic mass is 9.76. The van der Waals surface area contributed by atoms with Crippen LogP contribution in [-0.4, -0.2) is 22.2 Å². The highest BCUT2D eigenvalue weighted by molar-refractivity contribution is 8.00. The number of aliphatic hydroxyl groups is 1. The summed E-state index contributed by atoms with van der Waals surface area (Å²) in [5.74, 6) is 0.795. The molecule has 2 aliphatic rings. The highest BCUT2D eigenvalue weighted by Gasteiger charge is 2.47. The average Bonchev–Trinajstić information content (AvgIpc) is 2.29. The van der Waals surface area contributed by atoms with Gasteiger partial charge in [0.15, 0.2) is 0 Å². The van der Waals surface area contributed by atoms with Crippen molar-refractivity contribution in [2.75, 3.05) is 6.26 Å². The van der Waals surface area contributed by atoms with Gasteiger partial charge in [0.1, 0.15) is 11.9 Å². The molecule has 1 fully saturated rings. The summed E-state index contributed by atoms with van der Waals surface area (Å²) in [5, 5.41) is 10.9. The lowest BCUT2D eigenvalue weighted by molar-refractivity contribution is 0.0257. The number of ether oxygens (including phenoxy) is 1. The van der Waals surface area contributed by atoms with Crippen molar-refractivity contribution < 1.29 is 9.84 Å². The van der Waals surface area contributed by atoms with Crippen molar-refractivity contribution >= 4 is 23.4 Å². The van der Waals surface area contributed by atoms with Crippen molar-refractivity contribution in [2.24, 2.45) is 0 Å². The molecule has 3 rings (SSSR count). The number of thioether (sulfide) groups is 1. The Labute approximate surface area is 117 Å². The molecular formula is C14H17ClO2S. The fourth-order valence-electron chi connectivity index (χ4n) is 2.92. The van der Waals surface area contributed by atoms with Gasteiger partial charge in [-0.15, -0.1) is 0 Å². The first-order valence-electron chi connectivity index (χ1n) is 6.34. The van der Waals surface area contributed by atoms with E-state index in [0.29, 0.717) is 11.4 Å². The van der Waals surface area contributed by atoms with Gasteiger partial charge in [-0.3, -0.25) is 0 Å². The zero-order chi connectivity index (χ0) is 12.8. The maximum Gasteiger partial charge on any atom is 0.125 e. The fourth-order valence-corrected chi connectivity index (χ4v) is 4.21. The van der Waals surface area contributed by atoms with Gasteiger partial charge in [0.2, 0.25) is 0 Å². The monoisotopic (exact) mass is 284 g/mol. The molecule has 4 heteroatoms. The largest absolute Gasteiger partial charge is 0.488 e. The molecule has 2 atom stereocenters. The Morgan fingerprint density at radius 3 is 2.83 bits per heavy atom. The topological polar surface area (TPSA) is 29.5 Å². The lowest BCUT2D eigenvalue weighted by Gasteiger charge is -2.48. The number of halogens is 1. The number of benzene rings is 1. The van der Waals surface area contributed by atoms with Crippen LogP contribution in [0, 0.1) is 0 Å². The molecular weight excluding hydrogens is 268 g/mol. The van der Waals surface area contributed by atoms with E-state index in [4.69, 9.17) is 16.3 Å². The van der Waals surface area contributed by atoms with Crippen molar-refractivity contribution in [3.05, 3.63) is 28.8 Å². The van der Waals surface area contributed by atoms with Gasteiger partial charge in [0, 0.05) is 17.0 Å². The smallest absolute Gasteiger partial charge is 0.125 e. The molecule has 1 saturated carbocycles. The molecule has 1 aromatic carbocycles. The van der Waals surface area contributed by atoms with Crippen molar-refractivity contribution in [3.8, 4) is 5.75 Å². The second kappa shape index (κ2) is 4.62. The zero-order valence-electron chi connectivity index (χ0n) is 10.4. The van der Waals surface area contributed by atoms with E-state index in [1.54, 1.807) is 0 Å². The van der Waals surface area contributed by atoms with Crippen LogP contribution in [0.3, 0.4) is 0 Å². The third-order valence-corrected chi connectivity index (χ3v) is 5.95. The molecule has 0 radical (unpaired) electrons. The maximum atomic E-state index is 10.3. The lowest BCUT2D eigenvalue weighted by Crippen LogP contribution is -2.50. The predicted octanol–water partition coefficient (Wildman–Crippen LogP) is 3.81. The molecule has 98 valence electrons. The van der Waals surface area contributed by atoms with E-state index in [1.165, 1.54) is 19.3 Å². The minimum Gasteiger partial charge on any atom is -0.488 e. The van der Waals surface area contributed by atoms with Crippen LogP contribution in [0.5, 0.6) is 5.75 Å². The Hall–Kier alpha value is -0.380. The second-order valence-electron chi connectivity index (χ2n) is 5.16. The van der Waals surface area contributed by atoms with Crippen molar-refractivity contribution in [2.45, 2.75) is 42.6 Å². The predicted molar refractivity (Wildman–Crippen MR) is 75.5 cm³/mol. The van der Waals surface area contributed by atoms with E-state index in [9.17, 15) is 5.11 Å². The van der Waals surface area contributed by atoms with Gasteiger partial charge in [-0.25, -0.2) is 0 Å². The molecule has 0 amide bonds. The second-order valence-corrected chi connectivity index (χ2v) is 6.82. The first-order chi connectivity index (χ1) is 8.64. The van der Waals surface area contributed by atoms with Crippen LogP contribution in [0.25, 0.3) is 0 Å². The van der Waals surface area contributed by atoms with E-state index in [-0.39, 0.29) is 10.9 Å². The Morgan fingerprint density at radius 1 is 1.44 bits per heavy atom. The zero-order valence-corrected chi connectivity index (χ0v) is 11.9. The normalized spacial score (nSPS) is 29.1. The summed E-state index contributed by atoms with van der Waals surface area (Å²) in [6, 6.07) is 5.51. The van der Waals surface area contributed by atoms with E-state index in [1.807, 2.05) is 30.0 Å². The maximum absolute atomic E-state index is 10.3. The van der Waals surface area contributed by atoms with E-state index < -0.39 is 6.10 Å². The molecule has 2 unspecified atom stereocenters. The first kappa shape index (κ1) is 12.6. The first-order valence-corrected chi connectivity index (χ1v) is 7.94. The van der Waals surface area contributed by atoms with E-state index in [2.05, 4.69) is 6.26 Å². The molecule has 1 aliphatic heterocycles. The highest BCUT2D eigenvalue weighted by atomic mass is 35.5. The summed E-state index contributed by atoms with van der Waals surface area (Å²) >= 11 is 7.85. The molecule has 1 heterocycles. The Bertz CT molecular complexity index is 454. The quantitative estimate of drug-likeness (QED) is 0.895. The van der Waals surface area contributed by atoms with Gasteiger partial charge in [-0.1, -0.05) is 18.0 Å². The molecule has 2 nitrogen and oxygen atoms in total. The van der Waals surface area contributed by atoms with Crippen molar-refractivity contribution in [1.29, 1.82) is 0 Å². The van der Waals surface area contributed by atoms with Gasteiger partial charge >= 0.3 is 0 Å². The molecule has 1 aromatic rings. The number of hydrogen-bond acceptors (Lipinski definition) is 3. The minimum atomic E-state index is -0.456. The molecule has 0 saturated heterocycles. The van der Waals surface area contributed by atoms with Gasteiger partial charge < -0.3 is 9.84 Å². The highest BCUT2D eigenvalue weighted by Crippen LogP contribution is 2.51. The standard InChI is InChI=1S/C14H17ClO2S/c1-18-14(5-2-6-14)13-8-11(16)10-7-9(15)3-4-12(10)17-13/h3-4,7,11,13,16H,2,5-6,8H2,1H3. The summed E-state index contributed by atoms with van der Waals surface area (Å²) in [6.45, 7) is 0. The molecule has 1 N–H and O–H groups in total. The third-order valence-electron chi connectivity index (χ3n) is 4.23. The Kier molecular flexibility index (Phi) is 3.25. The van der Waals surface area contributed by atoms with Crippen LogP contribution in [0.15, 0.2) is 18.2 Å². The SMILES string of the molecule is CSC1(C2CC(O)c3cc(Cl)ccc3O2)CCC1. The minimum absolute atomic E-state index is 0.116. The Morgan fingerprint density at radius 2 is 2.22 bits per heavy atom.